The zero-order valence-corrected chi connectivity index (χ0v) is 12.2. The van der Waals surface area contributed by atoms with Gasteiger partial charge in [-0.1, -0.05) is 47.5 Å². The Hall–Kier alpha value is -1.51. The Kier molecular flexibility index (Phi) is 3.68. The fraction of sp³-hybridized carbons (Fsp3) is 0.188. The minimum atomic E-state index is -0.151. The third-order valence-electron chi connectivity index (χ3n) is 3.52. The van der Waals surface area contributed by atoms with Crippen molar-refractivity contribution in [1.29, 1.82) is 0 Å². The highest BCUT2D eigenvalue weighted by Crippen LogP contribution is 2.27. The summed E-state index contributed by atoms with van der Waals surface area (Å²) in [4.78, 5) is 12.3. The largest absolute Gasteiger partial charge is 0.375 e. The Morgan fingerprint density at radius 2 is 1.95 bits per heavy atom. The molecule has 1 N–H and O–H groups in total. The molecule has 1 aliphatic heterocycles. The van der Waals surface area contributed by atoms with Crippen LogP contribution in [-0.4, -0.2) is 11.8 Å². The van der Waals surface area contributed by atoms with E-state index in [1.807, 2.05) is 24.3 Å². The van der Waals surface area contributed by atoms with Gasteiger partial charge in [-0.3, -0.25) is 4.79 Å². The summed E-state index contributed by atoms with van der Waals surface area (Å²) in [5.41, 5.74) is 3.14. The summed E-state index contributed by atoms with van der Waals surface area (Å²) in [7, 11) is 0. The normalized spacial score (nSPS) is 16.6. The second kappa shape index (κ2) is 5.47. The van der Waals surface area contributed by atoms with Gasteiger partial charge in [0.05, 0.1) is 16.1 Å². The highest BCUT2D eigenvalue weighted by atomic mass is 35.5. The van der Waals surface area contributed by atoms with Crippen molar-refractivity contribution in [3.63, 3.8) is 0 Å². The van der Waals surface area contributed by atoms with Crippen molar-refractivity contribution >= 4 is 34.7 Å². The van der Waals surface area contributed by atoms with Crippen LogP contribution in [0.15, 0.2) is 42.5 Å². The number of hydrogen-bond acceptors (Lipinski definition) is 2. The summed E-state index contributed by atoms with van der Waals surface area (Å²) in [6, 6.07) is 13.2. The molecule has 4 heteroatoms. The Labute approximate surface area is 127 Å². The summed E-state index contributed by atoms with van der Waals surface area (Å²) in [6.45, 7) is 0. The first kappa shape index (κ1) is 13.5. The number of rotatable bonds is 3. The number of fused-ring (bicyclic) bond motifs is 1. The number of hydrogen-bond donors (Lipinski definition) is 1. The second-order valence-corrected chi connectivity index (χ2v) is 5.76. The van der Waals surface area contributed by atoms with Crippen LogP contribution in [0.25, 0.3) is 0 Å². The molecule has 0 fully saturated rings. The molecule has 1 heterocycles. The van der Waals surface area contributed by atoms with Gasteiger partial charge in [0.25, 0.3) is 0 Å². The summed E-state index contributed by atoms with van der Waals surface area (Å²) in [5.74, 6) is 0.166. The standard InChI is InChI=1S/C16H13Cl2NO/c17-12-6-5-10(7-13(12)18)8-16(20)15-9-11-3-1-2-4-14(11)19-15/h1-7,15,19H,8-9H2. The molecule has 1 atom stereocenters. The van der Waals surface area contributed by atoms with Crippen LogP contribution < -0.4 is 5.32 Å². The molecule has 0 saturated heterocycles. The Bertz CT molecular complexity index is 644. The van der Waals surface area contributed by atoms with Crippen molar-refractivity contribution in [1.82, 2.24) is 0 Å². The average Bonchev–Trinajstić information content (AvgIpc) is 2.87. The highest BCUT2D eigenvalue weighted by molar-refractivity contribution is 6.42. The van der Waals surface area contributed by atoms with Gasteiger partial charge < -0.3 is 5.32 Å². The van der Waals surface area contributed by atoms with Crippen molar-refractivity contribution in [2.75, 3.05) is 5.32 Å². The molecule has 0 aromatic heterocycles. The zero-order valence-electron chi connectivity index (χ0n) is 10.7. The molecule has 1 aliphatic rings. The number of para-hydroxylation sites is 1. The van der Waals surface area contributed by atoms with E-state index >= 15 is 0 Å². The van der Waals surface area contributed by atoms with E-state index in [1.165, 1.54) is 5.56 Å². The van der Waals surface area contributed by atoms with E-state index in [2.05, 4.69) is 11.4 Å². The molecule has 0 saturated carbocycles. The van der Waals surface area contributed by atoms with Gasteiger partial charge in [0.2, 0.25) is 0 Å². The molecule has 0 aliphatic carbocycles. The summed E-state index contributed by atoms with van der Waals surface area (Å²) in [5, 5.41) is 4.27. The summed E-state index contributed by atoms with van der Waals surface area (Å²) < 4.78 is 0. The SMILES string of the molecule is O=C(Cc1ccc(Cl)c(Cl)c1)C1Cc2ccccc2N1. The Balaban J connectivity index is 1.71. The molecule has 3 rings (SSSR count). The first-order valence-electron chi connectivity index (χ1n) is 6.44. The molecule has 1 unspecified atom stereocenters. The topological polar surface area (TPSA) is 29.1 Å². The van der Waals surface area contributed by atoms with Crippen LogP contribution >= 0.6 is 23.2 Å². The molecule has 2 aromatic rings. The van der Waals surface area contributed by atoms with Gasteiger partial charge in [-0.05, 0) is 29.3 Å². The number of carbonyl (C=O) groups is 1. The van der Waals surface area contributed by atoms with Crippen molar-refractivity contribution in [3.05, 3.63) is 63.6 Å². The van der Waals surface area contributed by atoms with Crippen molar-refractivity contribution in [3.8, 4) is 0 Å². The second-order valence-electron chi connectivity index (χ2n) is 4.95. The van der Waals surface area contributed by atoms with Crippen LogP contribution in [0.4, 0.5) is 5.69 Å². The lowest BCUT2D eigenvalue weighted by atomic mass is 10.0. The minimum absolute atomic E-state index is 0.151. The molecule has 0 radical (unpaired) electrons. The van der Waals surface area contributed by atoms with E-state index in [0.29, 0.717) is 16.5 Å². The van der Waals surface area contributed by atoms with Gasteiger partial charge in [0.1, 0.15) is 0 Å². The van der Waals surface area contributed by atoms with Crippen LogP contribution in [0.5, 0.6) is 0 Å². The van der Waals surface area contributed by atoms with E-state index in [1.54, 1.807) is 12.1 Å². The third-order valence-corrected chi connectivity index (χ3v) is 4.26. The third kappa shape index (κ3) is 2.67. The molecule has 2 nitrogen and oxygen atoms in total. The molecule has 0 spiro atoms. The van der Waals surface area contributed by atoms with Gasteiger partial charge in [-0.2, -0.15) is 0 Å². The number of Topliss-reactive ketones (excluding diaryl/α,β-unsaturated/α-hetero) is 1. The predicted molar refractivity (Wildman–Crippen MR) is 82.7 cm³/mol. The van der Waals surface area contributed by atoms with Crippen molar-refractivity contribution in [2.45, 2.75) is 18.9 Å². The Morgan fingerprint density at radius 3 is 2.70 bits per heavy atom. The maximum absolute atomic E-state index is 12.3. The molecule has 20 heavy (non-hydrogen) atoms. The van der Waals surface area contributed by atoms with Gasteiger partial charge >= 0.3 is 0 Å². The van der Waals surface area contributed by atoms with Gasteiger partial charge in [0.15, 0.2) is 5.78 Å². The number of halogens is 2. The van der Waals surface area contributed by atoms with E-state index in [9.17, 15) is 4.79 Å². The van der Waals surface area contributed by atoms with Crippen LogP contribution in [0.1, 0.15) is 11.1 Å². The minimum Gasteiger partial charge on any atom is -0.375 e. The number of carbonyl (C=O) groups excluding carboxylic acids is 1. The number of anilines is 1. The van der Waals surface area contributed by atoms with Crippen molar-refractivity contribution < 1.29 is 4.79 Å². The Morgan fingerprint density at radius 1 is 1.15 bits per heavy atom. The van der Waals surface area contributed by atoms with Crippen LogP contribution in [0, 0.1) is 0 Å². The first-order chi connectivity index (χ1) is 9.63. The van der Waals surface area contributed by atoms with Crippen molar-refractivity contribution in [2.24, 2.45) is 0 Å². The van der Waals surface area contributed by atoms with E-state index in [4.69, 9.17) is 23.2 Å². The van der Waals surface area contributed by atoms with Gasteiger partial charge in [0, 0.05) is 18.5 Å². The predicted octanol–water partition coefficient (Wildman–Crippen LogP) is 4.14. The maximum atomic E-state index is 12.3. The number of ketones is 1. The van der Waals surface area contributed by atoms with E-state index in [-0.39, 0.29) is 11.8 Å². The van der Waals surface area contributed by atoms with Gasteiger partial charge in [-0.15, -0.1) is 0 Å². The van der Waals surface area contributed by atoms with Crippen LogP contribution in [0.3, 0.4) is 0 Å². The number of nitrogens with one attached hydrogen (secondary N) is 1. The fourth-order valence-electron chi connectivity index (χ4n) is 2.47. The van der Waals surface area contributed by atoms with Gasteiger partial charge in [-0.25, -0.2) is 0 Å². The lowest BCUT2D eigenvalue weighted by molar-refractivity contribution is -0.119. The molecular formula is C16H13Cl2NO. The summed E-state index contributed by atoms with van der Waals surface area (Å²) >= 11 is 11.8. The number of benzene rings is 2. The smallest absolute Gasteiger partial charge is 0.159 e. The summed E-state index contributed by atoms with van der Waals surface area (Å²) in [6.07, 6.45) is 1.11. The highest BCUT2D eigenvalue weighted by Gasteiger charge is 2.26. The maximum Gasteiger partial charge on any atom is 0.159 e. The van der Waals surface area contributed by atoms with E-state index in [0.717, 1.165) is 17.7 Å². The molecule has 0 bridgehead atoms. The first-order valence-corrected chi connectivity index (χ1v) is 7.20. The van der Waals surface area contributed by atoms with E-state index < -0.39 is 0 Å². The van der Waals surface area contributed by atoms with Crippen LogP contribution in [0.2, 0.25) is 10.0 Å². The quantitative estimate of drug-likeness (QED) is 0.923. The molecular weight excluding hydrogens is 293 g/mol. The molecule has 0 amide bonds. The molecule has 2 aromatic carbocycles. The molecule has 102 valence electrons. The zero-order chi connectivity index (χ0) is 14.1. The van der Waals surface area contributed by atoms with Crippen LogP contribution in [-0.2, 0) is 17.6 Å². The lowest BCUT2D eigenvalue weighted by Crippen LogP contribution is -2.28. The average molecular weight is 306 g/mol. The lowest BCUT2D eigenvalue weighted by Gasteiger charge is -2.10. The fourth-order valence-corrected chi connectivity index (χ4v) is 2.79. The monoisotopic (exact) mass is 305 g/mol.